The predicted molar refractivity (Wildman–Crippen MR) is 120 cm³/mol. The number of aryl methyl sites for hydroxylation is 1. The van der Waals surface area contributed by atoms with E-state index in [9.17, 15) is 4.79 Å². The van der Waals surface area contributed by atoms with Crippen LogP contribution in [0.5, 0.6) is 5.88 Å². The Morgan fingerprint density at radius 3 is 2.81 bits per heavy atom. The Balaban J connectivity index is 1.67. The van der Waals surface area contributed by atoms with E-state index in [1.165, 1.54) is 10.5 Å². The molecule has 1 amide bonds. The van der Waals surface area contributed by atoms with Gasteiger partial charge in [0.25, 0.3) is 0 Å². The molecule has 0 saturated carbocycles. The summed E-state index contributed by atoms with van der Waals surface area (Å²) in [6.45, 7) is 5.30. The van der Waals surface area contributed by atoms with Crippen LogP contribution in [0.3, 0.4) is 0 Å². The normalized spacial score (nSPS) is 13.8. The topological polar surface area (TPSA) is 88.5 Å². The van der Waals surface area contributed by atoms with Gasteiger partial charge in [0.15, 0.2) is 5.82 Å². The number of pyridine rings is 1. The van der Waals surface area contributed by atoms with Crippen molar-refractivity contribution >= 4 is 23.8 Å². The second-order valence-electron chi connectivity index (χ2n) is 7.29. The van der Waals surface area contributed by atoms with Crippen molar-refractivity contribution in [2.45, 2.75) is 6.92 Å². The van der Waals surface area contributed by atoms with Crippen molar-refractivity contribution in [3.05, 3.63) is 47.5 Å². The number of carbonyl (C=O) groups excluding carboxylic acids is 1. The van der Waals surface area contributed by atoms with Crippen molar-refractivity contribution in [3.8, 4) is 5.88 Å². The van der Waals surface area contributed by atoms with Gasteiger partial charge >= 0.3 is 6.09 Å². The number of hydrazone groups is 1. The number of hydrogen-bond donors (Lipinski definition) is 1. The molecular formula is C22H29N5O4. The van der Waals surface area contributed by atoms with E-state index in [0.29, 0.717) is 24.9 Å². The molecule has 1 aliphatic rings. The summed E-state index contributed by atoms with van der Waals surface area (Å²) in [5.41, 5.74) is 6.11. The lowest BCUT2D eigenvalue weighted by Gasteiger charge is -2.29. The zero-order chi connectivity index (χ0) is 22.1. The Labute approximate surface area is 182 Å². The third kappa shape index (κ3) is 7.14. The second kappa shape index (κ2) is 11.2. The van der Waals surface area contributed by atoms with Crippen LogP contribution < -0.4 is 15.1 Å². The van der Waals surface area contributed by atoms with Gasteiger partial charge in [-0.2, -0.15) is 10.1 Å². The van der Waals surface area contributed by atoms with E-state index in [1.54, 1.807) is 20.3 Å². The van der Waals surface area contributed by atoms with Crippen molar-refractivity contribution < 1.29 is 19.0 Å². The Morgan fingerprint density at radius 2 is 2.06 bits per heavy atom. The van der Waals surface area contributed by atoms with Gasteiger partial charge in [0.2, 0.25) is 5.88 Å². The molecule has 31 heavy (non-hydrogen) atoms. The maximum Gasteiger partial charge on any atom is 0.409 e. The first kappa shape index (κ1) is 22.4. The average Bonchev–Trinajstić information content (AvgIpc) is 2.77. The van der Waals surface area contributed by atoms with Gasteiger partial charge in [-0.1, -0.05) is 29.8 Å². The number of carbonyl (C=O) groups is 1. The van der Waals surface area contributed by atoms with Crippen LogP contribution in [0.4, 0.5) is 16.3 Å². The minimum atomic E-state index is -0.411. The van der Waals surface area contributed by atoms with E-state index < -0.39 is 6.09 Å². The summed E-state index contributed by atoms with van der Waals surface area (Å²) in [4.78, 5) is 19.6. The summed E-state index contributed by atoms with van der Waals surface area (Å²) in [6, 6.07) is 11.9. The molecule has 0 radical (unpaired) electrons. The molecule has 1 fully saturated rings. The zero-order valence-electron chi connectivity index (χ0n) is 18.2. The Morgan fingerprint density at radius 1 is 1.26 bits per heavy atom. The smallest absolute Gasteiger partial charge is 0.409 e. The van der Waals surface area contributed by atoms with Crippen LogP contribution in [0.15, 0.2) is 41.5 Å². The van der Waals surface area contributed by atoms with Crippen LogP contribution in [0.25, 0.3) is 0 Å². The molecule has 9 heteroatoms. The molecule has 1 saturated heterocycles. The van der Waals surface area contributed by atoms with Crippen LogP contribution in [0, 0.1) is 6.92 Å². The third-order valence-electron chi connectivity index (χ3n) is 4.52. The van der Waals surface area contributed by atoms with E-state index in [-0.39, 0.29) is 13.2 Å². The monoisotopic (exact) mass is 427 g/mol. The molecule has 0 atom stereocenters. The quantitative estimate of drug-likeness (QED) is 0.394. The van der Waals surface area contributed by atoms with Crippen LogP contribution in [0.2, 0.25) is 0 Å². The Bertz CT molecular complexity index is 897. The number of ether oxygens (including phenoxy) is 3. The van der Waals surface area contributed by atoms with Gasteiger partial charge in [0.05, 0.1) is 19.4 Å². The van der Waals surface area contributed by atoms with Crippen molar-refractivity contribution in [1.82, 2.24) is 9.88 Å². The van der Waals surface area contributed by atoms with E-state index in [2.05, 4.69) is 20.4 Å². The van der Waals surface area contributed by atoms with E-state index in [1.807, 2.05) is 43.3 Å². The number of nitrogens with zero attached hydrogens (tertiary/aromatic N) is 4. The molecular weight excluding hydrogens is 398 g/mol. The average molecular weight is 428 g/mol. The number of morpholine rings is 1. The molecule has 0 aliphatic carbocycles. The van der Waals surface area contributed by atoms with Gasteiger partial charge in [-0.05, 0) is 12.5 Å². The van der Waals surface area contributed by atoms with Gasteiger partial charge in [0.1, 0.15) is 13.2 Å². The number of benzene rings is 1. The molecule has 3 rings (SSSR count). The maximum atomic E-state index is 11.5. The fourth-order valence-corrected chi connectivity index (χ4v) is 2.95. The lowest BCUT2D eigenvalue weighted by Crippen LogP contribution is -2.36. The maximum absolute atomic E-state index is 11.5. The van der Waals surface area contributed by atoms with Crippen molar-refractivity contribution in [2.24, 2.45) is 5.10 Å². The highest BCUT2D eigenvalue weighted by Crippen LogP contribution is 2.24. The largest absolute Gasteiger partial charge is 0.474 e. The molecule has 0 bridgehead atoms. The number of hydrogen-bond acceptors (Lipinski definition) is 8. The fraction of sp³-hybridized carbons (Fsp3) is 0.409. The third-order valence-corrected chi connectivity index (χ3v) is 4.52. The van der Waals surface area contributed by atoms with Crippen molar-refractivity contribution in [2.75, 3.05) is 63.9 Å². The van der Waals surface area contributed by atoms with E-state index >= 15 is 0 Å². The lowest BCUT2D eigenvalue weighted by atomic mass is 10.2. The summed E-state index contributed by atoms with van der Waals surface area (Å²) in [5.74, 6) is 0.992. The number of rotatable bonds is 8. The number of amides is 1. The molecule has 1 N–H and O–H groups in total. The van der Waals surface area contributed by atoms with Crippen LogP contribution in [0.1, 0.15) is 11.1 Å². The van der Waals surface area contributed by atoms with E-state index in [4.69, 9.17) is 14.2 Å². The molecule has 1 aromatic carbocycles. The summed E-state index contributed by atoms with van der Waals surface area (Å²) in [5, 5.41) is 4.31. The molecule has 0 unspecified atom stereocenters. The fourth-order valence-electron chi connectivity index (χ4n) is 2.95. The number of nitrogens with one attached hydrogen (secondary N) is 1. The molecule has 1 aromatic heterocycles. The Kier molecular flexibility index (Phi) is 8.05. The van der Waals surface area contributed by atoms with Crippen LogP contribution >= 0.6 is 0 Å². The highest BCUT2D eigenvalue weighted by molar-refractivity contribution is 5.80. The number of anilines is 2. The molecule has 1 aliphatic heterocycles. The zero-order valence-corrected chi connectivity index (χ0v) is 18.2. The summed E-state index contributed by atoms with van der Waals surface area (Å²) < 4.78 is 16.3. The van der Waals surface area contributed by atoms with E-state index in [0.717, 1.165) is 24.3 Å². The minimum Gasteiger partial charge on any atom is -0.474 e. The van der Waals surface area contributed by atoms with Crippen LogP contribution in [-0.4, -0.2) is 75.8 Å². The standard InChI is InChI=1S/C22H29N5O4/c1-17-5-4-6-18(13-17)16-23-25-20-14-19(27-7-9-29-10-8-27)15-21(24-20)30-11-12-31-22(28)26(2)3/h4-6,13-16H,7-12H2,1-3H3,(H,24,25)/b23-16+. The molecule has 166 valence electrons. The summed E-state index contributed by atoms with van der Waals surface area (Å²) >= 11 is 0. The van der Waals surface area contributed by atoms with Crippen LogP contribution in [-0.2, 0) is 9.47 Å². The second-order valence-corrected chi connectivity index (χ2v) is 7.29. The predicted octanol–water partition coefficient (Wildman–Crippen LogP) is 2.75. The summed E-state index contributed by atoms with van der Waals surface area (Å²) in [7, 11) is 3.26. The molecule has 2 heterocycles. The van der Waals surface area contributed by atoms with Crippen molar-refractivity contribution in [1.29, 1.82) is 0 Å². The van der Waals surface area contributed by atoms with Crippen molar-refractivity contribution in [3.63, 3.8) is 0 Å². The molecule has 9 nitrogen and oxygen atoms in total. The molecule has 0 spiro atoms. The van der Waals surface area contributed by atoms with Gasteiger partial charge in [0, 0.05) is 45.0 Å². The number of aromatic nitrogens is 1. The summed E-state index contributed by atoms with van der Waals surface area (Å²) in [6.07, 6.45) is 1.34. The van der Waals surface area contributed by atoms with Gasteiger partial charge in [-0.3, -0.25) is 5.43 Å². The lowest BCUT2D eigenvalue weighted by molar-refractivity contribution is 0.101. The highest BCUT2D eigenvalue weighted by atomic mass is 16.6. The first-order chi connectivity index (χ1) is 15.0. The first-order valence-electron chi connectivity index (χ1n) is 10.2. The van der Waals surface area contributed by atoms with Gasteiger partial charge in [-0.15, -0.1) is 0 Å². The van der Waals surface area contributed by atoms with Gasteiger partial charge in [-0.25, -0.2) is 4.79 Å². The minimum absolute atomic E-state index is 0.134. The highest BCUT2D eigenvalue weighted by Gasteiger charge is 2.14. The molecule has 2 aromatic rings. The Hall–Kier alpha value is -3.33. The SMILES string of the molecule is Cc1cccc(/C=N/Nc2cc(N3CCOCC3)cc(OCCOC(=O)N(C)C)n2)c1. The van der Waals surface area contributed by atoms with Gasteiger partial charge < -0.3 is 24.0 Å². The first-order valence-corrected chi connectivity index (χ1v) is 10.2.